The fourth-order valence-corrected chi connectivity index (χ4v) is 2.78. The van der Waals surface area contributed by atoms with Crippen LogP contribution in [0.5, 0.6) is 5.75 Å². The molecule has 5 heteroatoms. The molecule has 112 valence electrons. The van der Waals surface area contributed by atoms with Crippen LogP contribution in [0.15, 0.2) is 24.5 Å². The molecule has 0 unspecified atom stereocenters. The van der Waals surface area contributed by atoms with E-state index in [-0.39, 0.29) is 5.60 Å². The van der Waals surface area contributed by atoms with Gasteiger partial charge in [-0.15, -0.1) is 10.2 Å². The lowest BCUT2D eigenvalue weighted by atomic mass is 10.0. The number of para-hydroxylation sites is 1. The Morgan fingerprint density at radius 1 is 1.38 bits per heavy atom. The van der Waals surface area contributed by atoms with Gasteiger partial charge in [0.05, 0.1) is 0 Å². The van der Waals surface area contributed by atoms with Gasteiger partial charge in [-0.05, 0) is 19.4 Å². The maximum Gasteiger partial charge on any atom is 0.133 e. The first-order valence-electron chi connectivity index (χ1n) is 7.38. The third-order valence-corrected chi connectivity index (χ3v) is 3.82. The number of aromatic nitrogens is 3. The van der Waals surface area contributed by atoms with Gasteiger partial charge in [0.25, 0.3) is 0 Å². The molecule has 0 spiro atoms. The molecule has 0 bridgehead atoms. The topological polar surface area (TPSA) is 52.0 Å². The minimum atomic E-state index is -0.0862. The molecule has 1 aromatic carbocycles. The SMILES string of the molecule is Cn1cnnc1CCNCc1cccc2c1OC(C)(C)C2. The smallest absolute Gasteiger partial charge is 0.133 e. The lowest BCUT2D eigenvalue weighted by Gasteiger charge is -2.18. The second-order valence-corrected chi connectivity index (χ2v) is 6.23. The highest BCUT2D eigenvalue weighted by molar-refractivity contribution is 5.45. The highest BCUT2D eigenvalue weighted by atomic mass is 16.5. The zero-order valence-electron chi connectivity index (χ0n) is 12.9. The highest BCUT2D eigenvalue weighted by Crippen LogP contribution is 2.37. The standard InChI is InChI=1S/C16H22N4O/c1-16(2)9-12-5-4-6-13(15(12)21-16)10-17-8-7-14-19-18-11-20(14)3/h4-6,11,17H,7-10H2,1-3H3. The fourth-order valence-electron chi connectivity index (χ4n) is 2.78. The van der Waals surface area contributed by atoms with Gasteiger partial charge in [0, 0.05) is 38.5 Å². The van der Waals surface area contributed by atoms with E-state index in [2.05, 4.69) is 47.6 Å². The molecule has 0 amide bonds. The Morgan fingerprint density at radius 3 is 3.00 bits per heavy atom. The predicted molar refractivity (Wildman–Crippen MR) is 81.3 cm³/mol. The molecule has 2 heterocycles. The van der Waals surface area contributed by atoms with Crippen molar-refractivity contribution in [3.63, 3.8) is 0 Å². The highest BCUT2D eigenvalue weighted by Gasteiger charge is 2.31. The number of nitrogens with one attached hydrogen (secondary N) is 1. The maximum atomic E-state index is 6.08. The number of aryl methyl sites for hydroxylation is 1. The minimum Gasteiger partial charge on any atom is -0.487 e. The van der Waals surface area contributed by atoms with E-state index < -0.39 is 0 Å². The van der Waals surface area contributed by atoms with E-state index in [1.165, 1.54) is 11.1 Å². The van der Waals surface area contributed by atoms with Crippen LogP contribution >= 0.6 is 0 Å². The van der Waals surface area contributed by atoms with Gasteiger partial charge in [-0.25, -0.2) is 0 Å². The third-order valence-electron chi connectivity index (χ3n) is 3.82. The van der Waals surface area contributed by atoms with E-state index in [1.807, 2.05) is 11.6 Å². The molecule has 0 radical (unpaired) electrons. The van der Waals surface area contributed by atoms with Gasteiger partial charge in [-0.2, -0.15) is 0 Å². The van der Waals surface area contributed by atoms with Crippen molar-refractivity contribution in [2.45, 2.75) is 38.8 Å². The molecule has 0 saturated heterocycles. The molecule has 1 aliphatic rings. The van der Waals surface area contributed by atoms with Gasteiger partial charge < -0.3 is 14.6 Å². The predicted octanol–water partition coefficient (Wildman–Crippen LogP) is 1.86. The summed E-state index contributed by atoms with van der Waals surface area (Å²) in [7, 11) is 1.97. The number of benzene rings is 1. The van der Waals surface area contributed by atoms with E-state index in [1.54, 1.807) is 6.33 Å². The molecular weight excluding hydrogens is 264 g/mol. The lowest BCUT2D eigenvalue weighted by molar-refractivity contribution is 0.137. The molecule has 1 N–H and O–H groups in total. The van der Waals surface area contributed by atoms with Gasteiger partial charge >= 0.3 is 0 Å². The van der Waals surface area contributed by atoms with Gasteiger partial charge in [0.15, 0.2) is 0 Å². The van der Waals surface area contributed by atoms with Crippen molar-refractivity contribution in [1.82, 2.24) is 20.1 Å². The number of rotatable bonds is 5. The molecule has 0 atom stereocenters. The second-order valence-electron chi connectivity index (χ2n) is 6.23. The first-order valence-corrected chi connectivity index (χ1v) is 7.38. The molecule has 1 aliphatic heterocycles. The Bertz CT molecular complexity index is 633. The summed E-state index contributed by atoms with van der Waals surface area (Å²) in [6, 6.07) is 6.41. The largest absolute Gasteiger partial charge is 0.487 e. The molecule has 3 rings (SSSR count). The molecule has 5 nitrogen and oxygen atoms in total. The first-order chi connectivity index (χ1) is 10.1. The quantitative estimate of drug-likeness (QED) is 0.853. The second kappa shape index (κ2) is 5.48. The van der Waals surface area contributed by atoms with Crippen LogP contribution < -0.4 is 10.1 Å². The van der Waals surface area contributed by atoms with Crippen molar-refractivity contribution in [3.05, 3.63) is 41.5 Å². The van der Waals surface area contributed by atoms with E-state index in [4.69, 9.17) is 4.74 Å². The molecule has 0 fully saturated rings. The van der Waals surface area contributed by atoms with Crippen molar-refractivity contribution < 1.29 is 4.74 Å². The molecule has 0 aliphatic carbocycles. The number of fused-ring (bicyclic) bond motifs is 1. The number of nitrogens with zero attached hydrogens (tertiary/aromatic N) is 3. The number of hydrogen-bond acceptors (Lipinski definition) is 4. The Balaban J connectivity index is 1.58. The van der Waals surface area contributed by atoms with E-state index >= 15 is 0 Å². The Hall–Kier alpha value is -1.88. The van der Waals surface area contributed by atoms with E-state index in [0.29, 0.717) is 0 Å². The summed E-state index contributed by atoms with van der Waals surface area (Å²) in [5, 5.41) is 11.4. The molecule has 21 heavy (non-hydrogen) atoms. The van der Waals surface area contributed by atoms with Crippen LogP contribution in [0, 0.1) is 0 Å². The monoisotopic (exact) mass is 286 g/mol. The normalized spacial score (nSPS) is 15.8. The maximum absolute atomic E-state index is 6.08. The van der Waals surface area contributed by atoms with Crippen LogP contribution in [0.1, 0.15) is 30.8 Å². The van der Waals surface area contributed by atoms with Crippen LogP contribution in [-0.2, 0) is 26.4 Å². The minimum absolute atomic E-state index is 0.0862. The van der Waals surface area contributed by atoms with Crippen LogP contribution in [0.4, 0.5) is 0 Å². The van der Waals surface area contributed by atoms with Crippen LogP contribution in [0.25, 0.3) is 0 Å². The van der Waals surface area contributed by atoms with E-state index in [0.717, 1.165) is 37.5 Å². The average Bonchev–Trinajstić information content (AvgIpc) is 2.96. The van der Waals surface area contributed by atoms with Gasteiger partial charge in [0.2, 0.25) is 0 Å². The van der Waals surface area contributed by atoms with Crippen molar-refractivity contribution >= 4 is 0 Å². The van der Waals surface area contributed by atoms with Crippen molar-refractivity contribution in [1.29, 1.82) is 0 Å². The van der Waals surface area contributed by atoms with E-state index in [9.17, 15) is 0 Å². The molecule has 1 aromatic heterocycles. The van der Waals surface area contributed by atoms with Crippen molar-refractivity contribution in [2.24, 2.45) is 7.05 Å². The van der Waals surface area contributed by atoms with Crippen LogP contribution in [0.3, 0.4) is 0 Å². The third kappa shape index (κ3) is 3.08. The van der Waals surface area contributed by atoms with Crippen molar-refractivity contribution in [2.75, 3.05) is 6.54 Å². The van der Waals surface area contributed by atoms with Gasteiger partial charge in [-0.3, -0.25) is 0 Å². The summed E-state index contributed by atoms with van der Waals surface area (Å²) in [4.78, 5) is 0. The number of hydrogen-bond donors (Lipinski definition) is 1. The van der Waals surface area contributed by atoms with Crippen LogP contribution in [0.2, 0.25) is 0 Å². The Kier molecular flexibility index (Phi) is 3.68. The zero-order valence-corrected chi connectivity index (χ0v) is 12.9. The summed E-state index contributed by atoms with van der Waals surface area (Å²) >= 11 is 0. The van der Waals surface area contributed by atoms with Gasteiger partial charge in [-0.1, -0.05) is 18.2 Å². The lowest BCUT2D eigenvalue weighted by Crippen LogP contribution is -2.25. The summed E-state index contributed by atoms with van der Waals surface area (Å²) < 4.78 is 8.03. The molecule has 2 aromatic rings. The molecule has 0 saturated carbocycles. The number of ether oxygens (including phenoxy) is 1. The average molecular weight is 286 g/mol. The Labute approximate surface area is 125 Å². The van der Waals surface area contributed by atoms with Gasteiger partial charge in [0.1, 0.15) is 23.5 Å². The summed E-state index contributed by atoms with van der Waals surface area (Å²) in [6.07, 6.45) is 3.59. The summed E-state index contributed by atoms with van der Waals surface area (Å²) in [5.41, 5.74) is 2.46. The molecular formula is C16H22N4O. The van der Waals surface area contributed by atoms with Crippen molar-refractivity contribution in [3.8, 4) is 5.75 Å². The summed E-state index contributed by atoms with van der Waals surface area (Å²) in [6.45, 7) is 5.97. The first kappa shape index (κ1) is 14.1. The van der Waals surface area contributed by atoms with Crippen LogP contribution in [-0.4, -0.2) is 26.9 Å². The Morgan fingerprint density at radius 2 is 2.24 bits per heavy atom. The zero-order chi connectivity index (χ0) is 14.9. The summed E-state index contributed by atoms with van der Waals surface area (Å²) in [5.74, 6) is 2.06. The fraction of sp³-hybridized carbons (Fsp3) is 0.500.